The molecule has 0 aliphatic carbocycles. The highest BCUT2D eigenvalue weighted by atomic mass is 16.3. The SMILES string of the molecule is CC(=O)C1=C(O)C(=O)N(c2ccccc2)C1c1cccc(C)c1. The molecule has 1 heterocycles. The molecule has 1 atom stereocenters. The molecule has 4 heteroatoms. The molecule has 0 saturated carbocycles. The Bertz CT molecular complexity index is 808. The third-order valence-corrected chi connectivity index (χ3v) is 3.98. The van der Waals surface area contributed by atoms with Crippen LogP contribution in [0, 0.1) is 6.92 Å². The fourth-order valence-corrected chi connectivity index (χ4v) is 2.98. The Kier molecular flexibility index (Phi) is 3.74. The van der Waals surface area contributed by atoms with Crippen molar-refractivity contribution in [3.05, 3.63) is 77.1 Å². The first kappa shape index (κ1) is 15.0. The number of benzene rings is 2. The van der Waals surface area contributed by atoms with Crippen LogP contribution in [0.3, 0.4) is 0 Å². The predicted octanol–water partition coefficient (Wildman–Crippen LogP) is 3.48. The van der Waals surface area contributed by atoms with E-state index in [1.165, 1.54) is 11.8 Å². The van der Waals surface area contributed by atoms with Gasteiger partial charge in [0.15, 0.2) is 11.5 Å². The number of amides is 1. The van der Waals surface area contributed by atoms with E-state index in [9.17, 15) is 14.7 Å². The molecule has 1 aliphatic rings. The Morgan fingerprint density at radius 2 is 1.78 bits per heavy atom. The first-order valence-electron chi connectivity index (χ1n) is 7.40. The van der Waals surface area contributed by atoms with Crippen LogP contribution in [-0.4, -0.2) is 16.8 Å². The van der Waals surface area contributed by atoms with Gasteiger partial charge in [0, 0.05) is 5.69 Å². The highest BCUT2D eigenvalue weighted by molar-refractivity contribution is 6.16. The molecule has 2 aromatic carbocycles. The summed E-state index contributed by atoms with van der Waals surface area (Å²) in [7, 11) is 0. The number of aliphatic hydroxyl groups is 1. The molecule has 1 N–H and O–H groups in total. The molecule has 3 rings (SSSR count). The van der Waals surface area contributed by atoms with Crippen LogP contribution in [0.4, 0.5) is 5.69 Å². The number of anilines is 1. The van der Waals surface area contributed by atoms with Gasteiger partial charge in [-0.3, -0.25) is 14.5 Å². The highest BCUT2D eigenvalue weighted by Crippen LogP contribution is 2.40. The third kappa shape index (κ3) is 2.52. The molecule has 1 aliphatic heterocycles. The second-order valence-electron chi connectivity index (χ2n) is 5.65. The normalized spacial score (nSPS) is 17.7. The van der Waals surface area contributed by atoms with Crippen LogP contribution in [0.25, 0.3) is 0 Å². The van der Waals surface area contributed by atoms with Gasteiger partial charge in [0.05, 0.1) is 11.6 Å². The average Bonchev–Trinajstić information content (AvgIpc) is 2.80. The minimum absolute atomic E-state index is 0.143. The van der Waals surface area contributed by atoms with Crippen molar-refractivity contribution in [2.75, 3.05) is 4.90 Å². The van der Waals surface area contributed by atoms with Gasteiger partial charge in [0.1, 0.15) is 0 Å². The second kappa shape index (κ2) is 5.72. The van der Waals surface area contributed by atoms with Crippen LogP contribution in [0.1, 0.15) is 24.1 Å². The molecule has 23 heavy (non-hydrogen) atoms. The van der Waals surface area contributed by atoms with Gasteiger partial charge in [-0.05, 0) is 31.5 Å². The van der Waals surface area contributed by atoms with E-state index in [0.717, 1.165) is 11.1 Å². The quantitative estimate of drug-likeness (QED) is 0.944. The van der Waals surface area contributed by atoms with E-state index in [0.29, 0.717) is 5.69 Å². The molecule has 2 aromatic rings. The van der Waals surface area contributed by atoms with Crippen LogP contribution in [-0.2, 0) is 9.59 Å². The Labute approximate surface area is 134 Å². The van der Waals surface area contributed by atoms with Crippen molar-refractivity contribution in [1.82, 2.24) is 0 Å². The lowest BCUT2D eigenvalue weighted by atomic mass is 9.95. The maximum atomic E-state index is 12.6. The van der Waals surface area contributed by atoms with Gasteiger partial charge in [-0.2, -0.15) is 0 Å². The van der Waals surface area contributed by atoms with Gasteiger partial charge in [0.2, 0.25) is 0 Å². The lowest BCUT2D eigenvalue weighted by Crippen LogP contribution is -2.30. The summed E-state index contributed by atoms with van der Waals surface area (Å²) in [6, 6.07) is 16.1. The zero-order valence-electron chi connectivity index (χ0n) is 13.0. The average molecular weight is 307 g/mol. The zero-order chi connectivity index (χ0) is 16.6. The van der Waals surface area contributed by atoms with Crippen molar-refractivity contribution < 1.29 is 14.7 Å². The molecule has 0 saturated heterocycles. The number of aliphatic hydroxyl groups excluding tert-OH is 1. The van der Waals surface area contributed by atoms with Crippen LogP contribution in [0.2, 0.25) is 0 Å². The van der Waals surface area contributed by atoms with Crippen LogP contribution < -0.4 is 4.90 Å². The molecule has 4 nitrogen and oxygen atoms in total. The van der Waals surface area contributed by atoms with Gasteiger partial charge in [-0.15, -0.1) is 0 Å². The van der Waals surface area contributed by atoms with Crippen molar-refractivity contribution in [3.63, 3.8) is 0 Å². The molecular weight excluding hydrogens is 290 g/mol. The molecule has 1 unspecified atom stereocenters. The van der Waals surface area contributed by atoms with Crippen LogP contribution in [0.5, 0.6) is 0 Å². The van der Waals surface area contributed by atoms with Crippen molar-refractivity contribution >= 4 is 17.4 Å². The van der Waals surface area contributed by atoms with E-state index in [2.05, 4.69) is 0 Å². The van der Waals surface area contributed by atoms with Crippen LogP contribution >= 0.6 is 0 Å². The number of carbonyl (C=O) groups excluding carboxylic acids is 2. The number of hydrogen-bond donors (Lipinski definition) is 1. The van der Waals surface area contributed by atoms with Crippen molar-refractivity contribution in [3.8, 4) is 0 Å². The molecule has 0 bridgehead atoms. The number of ketones is 1. The summed E-state index contributed by atoms with van der Waals surface area (Å²) in [5, 5.41) is 10.2. The van der Waals surface area contributed by atoms with Crippen molar-refractivity contribution in [2.45, 2.75) is 19.9 Å². The number of carbonyl (C=O) groups is 2. The van der Waals surface area contributed by atoms with E-state index in [1.54, 1.807) is 12.1 Å². The largest absolute Gasteiger partial charge is 0.503 e. The first-order chi connectivity index (χ1) is 11.0. The number of para-hydroxylation sites is 1. The summed E-state index contributed by atoms with van der Waals surface area (Å²) in [6.07, 6.45) is 0. The topological polar surface area (TPSA) is 57.6 Å². The number of Topliss-reactive ketones (excluding diaryl/α,β-unsaturated/α-hetero) is 1. The minimum atomic E-state index is -0.609. The van der Waals surface area contributed by atoms with Crippen molar-refractivity contribution in [2.24, 2.45) is 0 Å². The lowest BCUT2D eigenvalue weighted by molar-refractivity contribution is -0.117. The summed E-state index contributed by atoms with van der Waals surface area (Å²) in [6.45, 7) is 3.32. The molecule has 0 fully saturated rings. The van der Waals surface area contributed by atoms with Gasteiger partial charge in [0.25, 0.3) is 5.91 Å². The summed E-state index contributed by atoms with van der Waals surface area (Å²) in [5.74, 6) is -1.32. The smallest absolute Gasteiger partial charge is 0.294 e. The summed E-state index contributed by atoms with van der Waals surface area (Å²) >= 11 is 0. The standard InChI is InChI=1S/C19H17NO3/c1-12-7-6-8-14(11-12)17-16(13(2)21)18(22)19(23)20(17)15-9-4-3-5-10-15/h3-11,17,22H,1-2H3. The summed E-state index contributed by atoms with van der Waals surface area (Å²) < 4.78 is 0. The van der Waals surface area contributed by atoms with Gasteiger partial charge in [-0.25, -0.2) is 0 Å². The molecular formula is C19H17NO3. The maximum Gasteiger partial charge on any atom is 0.294 e. The fraction of sp³-hybridized carbons (Fsp3) is 0.158. The Morgan fingerprint density at radius 3 is 2.39 bits per heavy atom. The molecule has 0 aromatic heterocycles. The zero-order valence-corrected chi connectivity index (χ0v) is 13.0. The van der Waals surface area contributed by atoms with E-state index in [4.69, 9.17) is 0 Å². The summed E-state index contributed by atoms with van der Waals surface area (Å²) in [4.78, 5) is 26.1. The van der Waals surface area contributed by atoms with E-state index >= 15 is 0 Å². The van der Waals surface area contributed by atoms with Crippen molar-refractivity contribution in [1.29, 1.82) is 0 Å². The Morgan fingerprint density at radius 1 is 1.09 bits per heavy atom. The Balaban J connectivity index is 2.20. The number of nitrogens with zero attached hydrogens (tertiary/aromatic N) is 1. The maximum absolute atomic E-state index is 12.6. The Hall–Kier alpha value is -2.88. The van der Waals surface area contributed by atoms with Gasteiger partial charge >= 0.3 is 0 Å². The minimum Gasteiger partial charge on any atom is -0.503 e. The monoisotopic (exact) mass is 307 g/mol. The van der Waals surface area contributed by atoms with Crippen LogP contribution in [0.15, 0.2) is 65.9 Å². The second-order valence-corrected chi connectivity index (χ2v) is 5.65. The highest BCUT2D eigenvalue weighted by Gasteiger charge is 2.43. The third-order valence-electron chi connectivity index (χ3n) is 3.98. The first-order valence-corrected chi connectivity index (χ1v) is 7.40. The van der Waals surface area contributed by atoms with Gasteiger partial charge in [-0.1, -0.05) is 48.0 Å². The molecule has 1 amide bonds. The number of aryl methyl sites for hydroxylation is 1. The number of rotatable bonds is 3. The van der Waals surface area contributed by atoms with Gasteiger partial charge < -0.3 is 5.11 Å². The summed E-state index contributed by atoms with van der Waals surface area (Å²) in [5.41, 5.74) is 2.62. The lowest BCUT2D eigenvalue weighted by Gasteiger charge is -2.26. The molecule has 0 spiro atoms. The predicted molar refractivity (Wildman–Crippen MR) is 88.2 cm³/mol. The van der Waals surface area contributed by atoms with E-state index in [1.807, 2.05) is 49.4 Å². The fourth-order valence-electron chi connectivity index (χ4n) is 2.98. The number of hydrogen-bond acceptors (Lipinski definition) is 3. The molecule has 0 radical (unpaired) electrons. The van der Waals surface area contributed by atoms with E-state index in [-0.39, 0.29) is 11.4 Å². The molecule has 116 valence electrons. The van der Waals surface area contributed by atoms with E-state index < -0.39 is 17.7 Å².